The lowest BCUT2D eigenvalue weighted by Gasteiger charge is -2.21. The quantitative estimate of drug-likeness (QED) is 0.531. The smallest absolute Gasteiger partial charge is 0.319 e. The van der Waals surface area contributed by atoms with Crippen LogP contribution in [0.2, 0.25) is 0 Å². The summed E-state index contributed by atoms with van der Waals surface area (Å²) in [5.74, 6) is -0.579. The van der Waals surface area contributed by atoms with Gasteiger partial charge in [0.25, 0.3) is 0 Å². The summed E-state index contributed by atoms with van der Waals surface area (Å²) in [7, 11) is -3.64. The molecule has 2 rings (SSSR count). The van der Waals surface area contributed by atoms with E-state index in [0.717, 1.165) is 11.1 Å². The summed E-state index contributed by atoms with van der Waals surface area (Å²) in [4.78, 5) is 22.9. The first kappa shape index (κ1) is 19.4. The summed E-state index contributed by atoms with van der Waals surface area (Å²) in [5, 5.41) is 0. The van der Waals surface area contributed by atoms with Crippen molar-refractivity contribution < 1.29 is 19.0 Å². The van der Waals surface area contributed by atoms with Crippen molar-refractivity contribution in [2.24, 2.45) is 0 Å². The fourth-order valence-electron chi connectivity index (χ4n) is 2.67. The fourth-order valence-corrected chi connectivity index (χ4v) is 4.63. The van der Waals surface area contributed by atoms with Gasteiger partial charge in [-0.05, 0) is 24.0 Å². The van der Waals surface area contributed by atoms with Gasteiger partial charge in [0.15, 0.2) is 0 Å². The van der Waals surface area contributed by atoms with E-state index in [1.165, 1.54) is 0 Å². The topological polar surface area (TPSA) is 63.6 Å². The van der Waals surface area contributed by atoms with Crippen LogP contribution in [-0.2, 0) is 27.1 Å². The Balaban J connectivity index is 1.98. The molecule has 0 saturated carbocycles. The lowest BCUT2D eigenvalue weighted by atomic mass is 10.2. The van der Waals surface area contributed by atoms with Crippen LogP contribution in [-0.4, -0.2) is 22.7 Å². The first-order chi connectivity index (χ1) is 12.0. The van der Waals surface area contributed by atoms with Crippen molar-refractivity contribution in [1.82, 2.24) is 0 Å². The zero-order valence-corrected chi connectivity index (χ0v) is 15.4. The molecule has 0 amide bonds. The second-order valence-corrected chi connectivity index (χ2v) is 8.69. The van der Waals surface area contributed by atoms with Gasteiger partial charge in [-0.1, -0.05) is 74.0 Å². The molecule has 2 aromatic rings. The standard InChI is InChI=1S/C20H25O4P/c1-2-9-19(20(21)24-16-18-12-7-4-8-13-18)25(22,23)15-14-17-10-5-3-6-11-17/h3-8,10-13,19H,2,9,14-16H2,1H3,(H,22,23). The van der Waals surface area contributed by atoms with Crippen molar-refractivity contribution in [3.63, 3.8) is 0 Å². The summed E-state index contributed by atoms with van der Waals surface area (Å²) in [6.45, 7) is 2.02. The highest BCUT2D eigenvalue weighted by molar-refractivity contribution is 7.59. The molecule has 2 unspecified atom stereocenters. The van der Waals surface area contributed by atoms with E-state index in [9.17, 15) is 14.3 Å². The minimum Gasteiger partial charge on any atom is -0.460 e. The van der Waals surface area contributed by atoms with Gasteiger partial charge in [-0.25, -0.2) is 0 Å². The Hall–Kier alpha value is -1.90. The molecular weight excluding hydrogens is 335 g/mol. The van der Waals surface area contributed by atoms with Crippen LogP contribution in [0, 0.1) is 0 Å². The Morgan fingerprint density at radius 2 is 1.60 bits per heavy atom. The SMILES string of the molecule is CCCC(C(=O)OCc1ccccc1)P(=O)(O)CCc1ccccc1. The second kappa shape index (κ2) is 9.55. The molecule has 1 N–H and O–H groups in total. The zero-order valence-electron chi connectivity index (χ0n) is 14.5. The summed E-state index contributed by atoms with van der Waals surface area (Å²) in [6.07, 6.45) is 1.57. The zero-order chi connectivity index (χ0) is 18.1. The average Bonchev–Trinajstić information content (AvgIpc) is 2.64. The number of carbonyl (C=O) groups is 1. The van der Waals surface area contributed by atoms with E-state index in [0.29, 0.717) is 19.3 Å². The molecule has 134 valence electrons. The summed E-state index contributed by atoms with van der Waals surface area (Å²) in [6, 6.07) is 18.9. The Bertz CT molecular complexity index is 700. The van der Waals surface area contributed by atoms with Gasteiger partial charge in [-0.2, -0.15) is 0 Å². The molecule has 4 nitrogen and oxygen atoms in total. The molecule has 0 bridgehead atoms. The van der Waals surface area contributed by atoms with E-state index in [1.807, 2.05) is 67.6 Å². The van der Waals surface area contributed by atoms with E-state index < -0.39 is 19.0 Å². The van der Waals surface area contributed by atoms with Crippen molar-refractivity contribution in [2.45, 2.75) is 38.5 Å². The first-order valence-electron chi connectivity index (χ1n) is 8.59. The van der Waals surface area contributed by atoms with Gasteiger partial charge < -0.3 is 9.63 Å². The van der Waals surface area contributed by atoms with Gasteiger partial charge in [0, 0.05) is 6.16 Å². The summed E-state index contributed by atoms with van der Waals surface area (Å²) >= 11 is 0. The number of aryl methyl sites for hydroxylation is 1. The number of benzene rings is 2. The number of ether oxygens (including phenoxy) is 1. The van der Waals surface area contributed by atoms with Crippen molar-refractivity contribution in [3.8, 4) is 0 Å². The van der Waals surface area contributed by atoms with Crippen molar-refractivity contribution >= 4 is 13.3 Å². The highest BCUT2D eigenvalue weighted by atomic mass is 31.2. The molecule has 2 aromatic carbocycles. The molecule has 0 aliphatic rings. The van der Waals surface area contributed by atoms with E-state index in [2.05, 4.69) is 0 Å². The van der Waals surface area contributed by atoms with Gasteiger partial charge in [-0.3, -0.25) is 9.36 Å². The molecule has 0 aliphatic heterocycles. The number of carbonyl (C=O) groups excluding carboxylic acids is 1. The monoisotopic (exact) mass is 360 g/mol. The minimum absolute atomic E-state index is 0.0854. The average molecular weight is 360 g/mol. The summed E-state index contributed by atoms with van der Waals surface area (Å²) in [5.41, 5.74) is 0.901. The number of esters is 1. The van der Waals surface area contributed by atoms with E-state index in [4.69, 9.17) is 4.74 Å². The van der Waals surface area contributed by atoms with Crippen LogP contribution in [0.3, 0.4) is 0 Å². The summed E-state index contributed by atoms with van der Waals surface area (Å²) < 4.78 is 18.1. The van der Waals surface area contributed by atoms with Gasteiger partial charge in [0.05, 0.1) is 0 Å². The molecule has 0 spiro atoms. The van der Waals surface area contributed by atoms with Crippen LogP contribution < -0.4 is 0 Å². The Morgan fingerprint density at radius 1 is 1.04 bits per heavy atom. The third-order valence-corrected chi connectivity index (χ3v) is 6.42. The predicted molar refractivity (Wildman–Crippen MR) is 99.8 cm³/mol. The van der Waals surface area contributed by atoms with Crippen LogP contribution in [0.25, 0.3) is 0 Å². The van der Waals surface area contributed by atoms with E-state index in [1.54, 1.807) is 0 Å². The number of hydrogen-bond acceptors (Lipinski definition) is 3. The number of hydrogen-bond donors (Lipinski definition) is 1. The molecule has 0 radical (unpaired) electrons. The largest absolute Gasteiger partial charge is 0.460 e. The molecule has 2 atom stereocenters. The third-order valence-electron chi connectivity index (χ3n) is 4.11. The van der Waals surface area contributed by atoms with Gasteiger partial charge in [0.2, 0.25) is 7.37 Å². The molecule has 0 aromatic heterocycles. The highest BCUT2D eigenvalue weighted by Crippen LogP contribution is 2.49. The minimum atomic E-state index is -3.64. The van der Waals surface area contributed by atoms with Crippen LogP contribution >= 0.6 is 7.37 Å². The molecule has 0 fully saturated rings. The van der Waals surface area contributed by atoms with E-state index in [-0.39, 0.29) is 12.8 Å². The van der Waals surface area contributed by atoms with Gasteiger partial charge >= 0.3 is 5.97 Å². The van der Waals surface area contributed by atoms with Crippen LogP contribution in [0.5, 0.6) is 0 Å². The van der Waals surface area contributed by atoms with Gasteiger partial charge in [0.1, 0.15) is 12.3 Å². The van der Waals surface area contributed by atoms with E-state index >= 15 is 0 Å². The Labute approximate surface area is 149 Å². The maximum absolute atomic E-state index is 12.8. The fraction of sp³-hybridized carbons (Fsp3) is 0.350. The molecule has 5 heteroatoms. The number of rotatable bonds is 9. The second-order valence-electron chi connectivity index (χ2n) is 6.11. The third kappa shape index (κ3) is 6.15. The molecule has 25 heavy (non-hydrogen) atoms. The first-order valence-corrected chi connectivity index (χ1v) is 10.5. The maximum Gasteiger partial charge on any atom is 0.319 e. The lowest BCUT2D eigenvalue weighted by molar-refractivity contribution is -0.144. The Kier molecular flexibility index (Phi) is 7.42. The normalized spacial score (nSPS) is 14.5. The molecule has 0 heterocycles. The highest BCUT2D eigenvalue weighted by Gasteiger charge is 2.37. The molecule has 0 saturated heterocycles. The lowest BCUT2D eigenvalue weighted by Crippen LogP contribution is -2.25. The van der Waals surface area contributed by atoms with Crippen LogP contribution in [0.1, 0.15) is 30.9 Å². The van der Waals surface area contributed by atoms with Crippen molar-refractivity contribution in [2.75, 3.05) is 6.16 Å². The maximum atomic E-state index is 12.8. The van der Waals surface area contributed by atoms with Gasteiger partial charge in [-0.15, -0.1) is 0 Å². The molecule has 0 aliphatic carbocycles. The van der Waals surface area contributed by atoms with Crippen LogP contribution in [0.4, 0.5) is 0 Å². The van der Waals surface area contributed by atoms with Crippen molar-refractivity contribution in [1.29, 1.82) is 0 Å². The Morgan fingerprint density at radius 3 is 2.16 bits per heavy atom. The molecular formula is C20H25O4P. The van der Waals surface area contributed by atoms with Crippen LogP contribution in [0.15, 0.2) is 60.7 Å². The predicted octanol–water partition coefficient (Wildman–Crippen LogP) is 4.41. The van der Waals surface area contributed by atoms with Crippen molar-refractivity contribution in [3.05, 3.63) is 71.8 Å².